The van der Waals surface area contributed by atoms with Crippen molar-refractivity contribution in [1.82, 2.24) is 34.1 Å². The van der Waals surface area contributed by atoms with Crippen molar-refractivity contribution in [2.75, 3.05) is 32.7 Å². The molecule has 9 heteroatoms. The fourth-order valence-corrected chi connectivity index (χ4v) is 3.28. The lowest BCUT2D eigenvalue weighted by Gasteiger charge is -2.34. The molecule has 9 nitrogen and oxygen atoms in total. The molecule has 1 saturated heterocycles. The summed E-state index contributed by atoms with van der Waals surface area (Å²) in [7, 11) is 0. The SMILES string of the molecule is O=C(Cn1cnc2ccccc2c1=O)N1CCN(CCn2cncn2)CC1. The largest absolute Gasteiger partial charge is 0.339 e. The summed E-state index contributed by atoms with van der Waals surface area (Å²) in [6.07, 6.45) is 4.69. The maximum absolute atomic E-state index is 12.6. The first kappa shape index (κ1) is 17.3. The number of para-hydroxylation sites is 1. The number of aromatic nitrogens is 5. The Labute approximate surface area is 155 Å². The van der Waals surface area contributed by atoms with Gasteiger partial charge in [0.2, 0.25) is 5.91 Å². The Balaban J connectivity index is 1.33. The molecule has 1 aromatic carbocycles. The van der Waals surface area contributed by atoms with Crippen LogP contribution in [-0.2, 0) is 17.9 Å². The van der Waals surface area contributed by atoms with E-state index < -0.39 is 0 Å². The Kier molecular flexibility index (Phi) is 4.93. The van der Waals surface area contributed by atoms with Gasteiger partial charge in [0.15, 0.2) is 0 Å². The van der Waals surface area contributed by atoms with Gasteiger partial charge < -0.3 is 4.90 Å². The molecule has 0 unspecified atom stereocenters. The minimum Gasteiger partial charge on any atom is -0.339 e. The van der Waals surface area contributed by atoms with Crippen LogP contribution < -0.4 is 5.56 Å². The molecule has 1 amide bonds. The molecule has 3 heterocycles. The minimum absolute atomic E-state index is 0.0234. The number of piperazine rings is 1. The molecule has 1 aliphatic heterocycles. The fraction of sp³-hybridized carbons (Fsp3) is 0.389. The zero-order valence-electron chi connectivity index (χ0n) is 14.9. The second kappa shape index (κ2) is 7.67. The first-order valence-corrected chi connectivity index (χ1v) is 8.97. The lowest BCUT2D eigenvalue weighted by atomic mass is 10.2. The molecule has 0 saturated carbocycles. The van der Waals surface area contributed by atoms with Crippen molar-refractivity contribution in [2.45, 2.75) is 13.1 Å². The van der Waals surface area contributed by atoms with Gasteiger partial charge in [-0.15, -0.1) is 0 Å². The summed E-state index contributed by atoms with van der Waals surface area (Å²) < 4.78 is 3.19. The zero-order valence-corrected chi connectivity index (χ0v) is 14.9. The Morgan fingerprint density at radius 2 is 1.85 bits per heavy atom. The molecular formula is C18H21N7O2. The smallest absolute Gasteiger partial charge is 0.261 e. The minimum atomic E-state index is -0.180. The van der Waals surface area contributed by atoms with Crippen LogP contribution in [0.3, 0.4) is 0 Å². The summed E-state index contributed by atoms with van der Waals surface area (Å²) in [6.45, 7) is 4.62. The summed E-state index contributed by atoms with van der Waals surface area (Å²) >= 11 is 0. The molecule has 1 fully saturated rings. The van der Waals surface area contributed by atoms with E-state index in [9.17, 15) is 9.59 Å². The maximum Gasteiger partial charge on any atom is 0.261 e. The van der Waals surface area contributed by atoms with E-state index in [2.05, 4.69) is 20.0 Å². The summed E-state index contributed by atoms with van der Waals surface area (Å²) in [6, 6.07) is 7.17. The van der Waals surface area contributed by atoms with Crippen molar-refractivity contribution in [2.24, 2.45) is 0 Å². The van der Waals surface area contributed by atoms with Crippen LogP contribution in [0.1, 0.15) is 0 Å². The molecule has 0 N–H and O–H groups in total. The van der Waals surface area contributed by atoms with Crippen molar-refractivity contribution < 1.29 is 4.79 Å². The highest BCUT2D eigenvalue weighted by Gasteiger charge is 2.21. The highest BCUT2D eigenvalue weighted by molar-refractivity contribution is 5.79. The third kappa shape index (κ3) is 3.87. The van der Waals surface area contributed by atoms with Gasteiger partial charge in [0.05, 0.1) is 23.8 Å². The van der Waals surface area contributed by atoms with Crippen LogP contribution in [0.25, 0.3) is 10.9 Å². The van der Waals surface area contributed by atoms with E-state index in [1.807, 2.05) is 11.0 Å². The lowest BCUT2D eigenvalue weighted by Crippen LogP contribution is -2.50. The van der Waals surface area contributed by atoms with E-state index in [4.69, 9.17) is 0 Å². The molecule has 4 rings (SSSR count). The van der Waals surface area contributed by atoms with Crippen LogP contribution in [0, 0.1) is 0 Å². The van der Waals surface area contributed by atoms with Crippen LogP contribution in [0.5, 0.6) is 0 Å². The molecule has 1 aliphatic rings. The molecule has 0 atom stereocenters. The van der Waals surface area contributed by atoms with Crippen molar-refractivity contribution in [3.63, 3.8) is 0 Å². The van der Waals surface area contributed by atoms with Crippen molar-refractivity contribution in [1.29, 1.82) is 0 Å². The molecule has 0 bridgehead atoms. The second-order valence-corrected chi connectivity index (χ2v) is 6.58. The molecule has 140 valence electrons. The van der Waals surface area contributed by atoms with Gasteiger partial charge in [-0.3, -0.25) is 23.7 Å². The van der Waals surface area contributed by atoms with Gasteiger partial charge in [-0.1, -0.05) is 12.1 Å². The Bertz CT molecular complexity index is 975. The Morgan fingerprint density at radius 1 is 1.04 bits per heavy atom. The van der Waals surface area contributed by atoms with E-state index in [1.54, 1.807) is 29.2 Å². The van der Waals surface area contributed by atoms with E-state index in [0.29, 0.717) is 24.0 Å². The zero-order chi connectivity index (χ0) is 18.6. The van der Waals surface area contributed by atoms with E-state index in [-0.39, 0.29) is 18.0 Å². The maximum atomic E-state index is 12.6. The van der Waals surface area contributed by atoms with Crippen LogP contribution in [0.2, 0.25) is 0 Å². The van der Waals surface area contributed by atoms with E-state index in [0.717, 1.165) is 26.2 Å². The normalized spacial score (nSPS) is 15.3. The van der Waals surface area contributed by atoms with Crippen LogP contribution in [-0.4, -0.2) is 72.7 Å². The van der Waals surface area contributed by atoms with Gasteiger partial charge >= 0.3 is 0 Å². The summed E-state index contributed by atoms with van der Waals surface area (Å²) in [5.41, 5.74) is 0.465. The number of hydrogen-bond donors (Lipinski definition) is 0. The highest BCUT2D eigenvalue weighted by atomic mass is 16.2. The molecule has 27 heavy (non-hydrogen) atoms. The molecular weight excluding hydrogens is 346 g/mol. The standard InChI is InChI=1S/C18H21N7O2/c26-17(11-24-14-20-16-4-2-1-3-15(16)18(24)27)23-8-5-22(6-9-23)7-10-25-13-19-12-21-25/h1-4,12-14H,5-11H2. The first-order chi connectivity index (χ1) is 13.2. The fourth-order valence-electron chi connectivity index (χ4n) is 3.28. The van der Waals surface area contributed by atoms with Crippen LogP contribution >= 0.6 is 0 Å². The molecule has 0 radical (unpaired) electrons. The number of benzene rings is 1. The van der Waals surface area contributed by atoms with Gasteiger partial charge in [-0.2, -0.15) is 5.10 Å². The van der Waals surface area contributed by atoms with Gasteiger partial charge in [0, 0.05) is 32.7 Å². The number of carbonyl (C=O) groups excluding carboxylic acids is 1. The summed E-state index contributed by atoms with van der Waals surface area (Å²) in [5.74, 6) is -0.0508. The van der Waals surface area contributed by atoms with Crippen LogP contribution in [0.4, 0.5) is 0 Å². The summed E-state index contributed by atoms with van der Waals surface area (Å²) in [5, 5.41) is 4.63. The third-order valence-electron chi connectivity index (χ3n) is 4.87. The topological polar surface area (TPSA) is 89.2 Å². The summed E-state index contributed by atoms with van der Waals surface area (Å²) in [4.78, 5) is 37.5. The number of rotatable bonds is 5. The molecule has 0 spiro atoms. The predicted molar refractivity (Wildman–Crippen MR) is 99.0 cm³/mol. The van der Waals surface area contributed by atoms with Crippen LogP contribution in [0.15, 0.2) is 48.0 Å². The van der Waals surface area contributed by atoms with E-state index in [1.165, 1.54) is 17.2 Å². The van der Waals surface area contributed by atoms with Gasteiger partial charge in [-0.05, 0) is 12.1 Å². The third-order valence-corrected chi connectivity index (χ3v) is 4.87. The van der Waals surface area contributed by atoms with Crippen molar-refractivity contribution in [3.05, 3.63) is 53.6 Å². The monoisotopic (exact) mass is 367 g/mol. The highest BCUT2D eigenvalue weighted by Crippen LogP contribution is 2.06. The Hall–Kier alpha value is -3.07. The number of hydrogen-bond acceptors (Lipinski definition) is 6. The van der Waals surface area contributed by atoms with Gasteiger partial charge in [0.25, 0.3) is 5.56 Å². The van der Waals surface area contributed by atoms with Gasteiger partial charge in [0.1, 0.15) is 19.2 Å². The lowest BCUT2D eigenvalue weighted by molar-refractivity contribution is -0.133. The van der Waals surface area contributed by atoms with Crippen molar-refractivity contribution in [3.8, 4) is 0 Å². The predicted octanol–water partition coefficient (Wildman–Crippen LogP) is -0.168. The quantitative estimate of drug-likeness (QED) is 0.622. The number of amides is 1. The van der Waals surface area contributed by atoms with Crippen molar-refractivity contribution >= 4 is 16.8 Å². The number of fused-ring (bicyclic) bond motifs is 1. The van der Waals surface area contributed by atoms with E-state index >= 15 is 0 Å². The average molecular weight is 367 g/mol. The average Bonchev–Trinajstić information content (AvgIpc) is 3.23. The first-order valence-electron chi connectivity index (χ1n) is 8.97. The van der Waals surface area contributed by atoms with Gasteiger partial charge in [-0.25, -0.2) is 9.97 Å². The second-order valence-electron chi connectivity index (χ2n) is 6.58. The number of nitrogens with zero attached hydrogens (tertiary/aromatic N) is 7. The molecule has 0 aliphatic carbocycles. The number of carbonyl (C=O) groups is 1. The molecule has 3 aromatic rings. The molecule has 2 aromatic heterocycles. The Morgan fingerprint density at radius 3 is 2.63 bits per heavy atom.